The third-order valence-electron chi connectivity index (χ3n) is 18.4. The lowest BCUT2D eigenvalue weighted by atomic mass is 9.99. The van der Waals surface area contributed by atoms with Crippen LogP contribution in [0, 0.1) is 23.7 Å². The average molecular weight is 1420 g/mol. The molecule has 0 saturated heterocycles. The maximum Gasteiger partial charge on any atom is 0.472 e. The summed E-state index contributed by atoms with van der Waals surface area (Å²) in [5, 5.41) is 10.6. The van der Waals surface area contributed by atoms with Crippen LogP contribution in [0.15, 0.2) is 0 Å². The van der Waals surface area contributed by atoms with Crippen LogP contribution in [-0.4, -0.2) is 96.7 Å². The van der Waals surface area contributed by atoms with Crippen molar-refractivity contribution in [1.29, 1.82) is 0 Å². The summed E-state index contributed by atoms with van der Waals surface area (Å²) in [4.78, 5) is 72.9. The molecule has 576 valence electrons. The molecule has 0 spiro atoms. The number of aliphatic hydroxyl groups is 1. The van der Waals surface area contributed by atoms with Crippen molar-refractivity contribution < 1.29 is 80.2 Å². The number of phosphoric ester groups is 2. The molecule has 0 aliphatic heterocycles. The van der Waals surface area contributed by atoms with Gasteiger partial charge in [0.25, 0.3) is 0 Å². The molecule has 3 N–H and O–H groups in total. The summed E-state index contributed by atoms with van der Waals surface area (Å²) >= 11 is 0. The zero-order valence-electron chi connectivity index (χ0n) is 63.7. The van der Waals surface area contributed by atoms with Gasteiger partial charge in [-0.1, -0.05) is 344 Å². The lowest BCUT2D eigenvalue weighted by Gasteiger charge is -2.21. The highest BCUT2D eigenvalue weighted by Gasteiger charge is 2.30. The average Bonchev–Trinajstić information content (AvgIpc) is 2.57. The van der Waals surface area contributed by atoms with Gasteiger partial charge in [0, 0.05) is 25.7 Å². The molecule has 97 heavy (non-hydrogen) atoms. The maximum atomic E-state index is 13.1. The molecule has 6 atom stereocenters. The van der Waals surface area contributed by atoms with Gasteiger partial charge in [-0.2, -0.15) is 0 Å². The molecule has 0 aliphatic rings. The number of hydrogen-bond donors (Lipinski definition) is 3. The monoisotopic (exact) mass is 1420 g/mol. The van der Waals surface area contributed by atoms with Gasteiger partial charge in [-0.25, -0.2) is 9.13 Å². The van der Waals surface area contributed by atoms with Gasteiger partial charge in [0.1, 0.15) is 19.3 Å². The van der Waals surface area contributed by atoms with E-state index in [4.69, 9.17) is 37.0 Å². The van der Waals surface area contributed by atoms with Crippen LogP contribution in [0.3, 0.4) is 0 Å². The van der Waals surface area contributed by atoms with E-state index in [9.17, 15) is 43.2 Å². The first-order valence-electron chi connectivity index (χ1n) is 40.2. The summed E-state index contributed by atoms with van der Waals surface area (Å²) in [6.07, 6.45) is 52.6. The number of ether oxygens (including phenoxy) is 4. The van der Waals surface area contributed by atoms with Crippen LogP contribution in [0.5, 0.6) is 0 Å². The van der Waals surface area contributed by atoms with Crippen LogP contribution in [0.25, 0.3) is 0 Å². The quantitative estimate of drug-likeness (QED) is 0.0222. The second-order valence-corrected chi connectivity index (χ2v) is 32.7. The van der Waals surface area contributed by atoms with E-state index >= 15 is 0 Å². The number of unbranched alkanes of at least 4 members (excludes halogenated alkanes) is 40. The van der Waals surface area contributed by atoms with E-state index in [0.717, 1.165) is 114 Å². The van der Waals surface area contributed by atoms with Gasteiger partial charge in [0.15, 0.2) is 12.2 Å². The van der Waals surface area contributed by atoms with Crippen molar-refractivity contribution in [3.63, 3.8) is 0 Å². The number of carbonyl (C=O) groups excluding carboxylic acids is 4. The predicted octanol–water partition coefficient (Wildman–Crippen LogP) is 22.8. The van der Waals surface area contributed by atoms with Gasteiger partial charge in [0.05, 0.1) is 26.4 Å². The lowest BCUT2D eigenvalue weighted by Crippen LogP contribution is -2.30. The van der Waals surface area contributed by atoms with E-state index in [1.165, 1.54) is 199 Å². The molecule has 0 saturated carbocycles. The third kappa shape index (κ3) is 70.9. The molecule has 0 amide bonds. The Morgan fingerprint density at radius 3 is 0.732 bits per heavy atom. The Morgan fingerprint density at radius 2 is 0.495 bits per heavy atom. The number of hydrogen-bond acceptors (Lipinski definition) is 15. The van der Waals surface area contributed by atoms with Crippen molar-refractivity contribution in [1.82, 2.24) is 0 Å². The van der Waals surface area contributed by atoms with E-state index in [1.54, 1.807) is 0 Å². The fraction of sp³-hybridized carbons (Fsp3) is 0.949. The summed E-state index contributed by atoms with van der Waals surface area (Å²) in [5.41, 5.74) is 0. The number of rotatable bonds is 75. The Labute approximate surface area is 594 Å². The zero-order chi connectivity index (χ0) is 71.7. The Kier molecular flexibility index (Phi) is 65.9. The van der Waals surface area contributed by atoms with Crippen LogP contribution in [0.4, 0.5) is 0 Å². The number of esters is 4. The van der Waals surface area contributed by atoms with Crippen LogP contribution in [0.2, 0.25) is 0 Å². The summed E-state index contributed by atoms with van der Waals surface area (Å²) < 4.78 is 68.6. The minimum absolute atomic E-state index is 0.105. The molecule has 0 rings (SSSR count). The highest BCUT2D eigenvalue weighted by molar-refractivity contribution is 7.47. The Hall–Kier alpha value is -1.94. The zero-order valence-corrected chi connectivity index (χ0v) is 65.5. The highest BCUT2D eigenvalue weighted by Crippen LogP contribution is 2.45. The van der Waals surface area contributed by atoms with E-state index in [2.05, 4.69) is 55.4 Å². The first-order valence-corrected chi connectivity index (χ1v) is 43.2. The maximum absolute atomic E-state index is 13.1. The molecule has 19 heteroatoms. The van der Waals surface area contributed by atoms with Crippen LogP contribution < -0.4 is 0 Å². The molecule has 0 aromatic rings. The first kappa shape index (κ1) is 95.1. The topological polar surface area (TPSA) is 237 Å². The molecule has 0 aliphatic carbocycles. The van der Waals surface area contributed by atoms with Crippen molar-refractivity contribution in [2.75, 3.05) is 39.6 Å². The number of carbonyl (C=O) groups is 4. The summed E-state index contributed by atoms with van der Waals surface area (Å²) in [5.74, 6) is 0.980. The first-order chi connectivity index (χ1) is 46.6. The van der Waals surface area contributed by atoms with Gasteiger partial charge in [-0.3, -0.25) is 37.3 Å². The van der Waals surface area contributed by atoms with Gasteiger partial charge in [0.2, 0.25) is 0 Å². The third-order valence-corrected chi connectivity index (χ3v) is 20.3. The minimum atomic E-state index is -4.96. The Bertz CT molecular complexity index is 1900. The van der Waals surface area contributed by atoms with Gasteiger partial charge in [-0.05, 0) is 49.4 Å². The smallest absolute Gasteiger partial charge is 0.462 e. The molecule has 3 unspecified atom stereocenters. The summed E-state index contributed by atoms with van der Waals surface area (Å²) in [7, 11) is -9.92. The Balaban J connectivity index is 5.26. The van der Waals surface area contributed by atoms with E-state index < -0.39 is 97.5 Å². The second-order valence-electron chi connectivity index (χ2n) is 29.8. The molecule has 0 aromatic carbocycles. The summed E-state index contributed by atoms with van der Waals surface area (Å²) in [6, 6.07) is 0. The highest BCUT2D eigenvalue weighted by atomic mass is 31.2. The fourth-order valence-corrected chi connectivity index (χ4v) is 13.5. The largest absolute Gasteiger partial charge is 0.472 e. The minimum Gasteiger partial charge on any atom is -0.462 e. The van der Waals surface area contributed by atoms with E-state index in [1.807, 2.05) is 0 Å². The van der Waals surface area contributed by atoms with Crippen molar-refractivity contribution in [2.45, 2.75) is 414 Å². The molecular formula is C78H152O17P2. The van der Waals surface area contributed by atoms with Gasteiger partial charge >= 0.3 is 39.5 Å². The number of aliphatic hydroxyl groups excluding tert-OH is 1. The van der Waals surface area contributed by atoms with E-state index in [-0.39, 0.29) is 25.7 Å². The number of phosphoric acid groups is 2. The van der Waals surface area contributed by atoms with Crippen molar-refractivity contribution in [3.05, 3.63) is 0 Å². The molecule has 0 fully saturated rings. The van der Waals surface area contributed by atoms with Gasteiger partial charge < -0.3 is 33.8 Å². The predicted molar refractivity (Wildman–Crippen MR) is 395 cm³/mol. The lowest BCUT2D eigenvalue weighted by molar-refractivity contribution is -0.161. The van der Waals surface area contributed by atoms with Gasteiger partial charge in [-0.15, -0.1) is 0 Å². The Morgan fingerprint density at radius 1 is 0.289 bits per heavy atom. The molecule has 0 bridgehead atoms. The molecule has 17 nitrogen and oxygen atoms in total. The van der Waals surface area contributed by atoms with Crippen molar-refractivity contribution in [3.8, 4) is 0 Å². The molecule has 0 heterocycles. The van der Waals surface area contributed by atoms with Crippen LogP contribution in [-0.2, 0) is 65.4 Å². The van der Waals surface area contributed by atoms with E-state index in [0.29, 0.717) is 25.7 Å². The SMILES string of the molecule is CCC(C)CCCCCCCCCCC(=O)OC[C@H](COP(=O)(O)OC[C@H](O)COP(=O)(O)OC[C@@H](COC(=O)CCCCCCCCCCCCCCC(C)C)OC(=O)CCCCCCCCCCCCCCCCCC(C)C)OC(=O)CCCCCCCCCCCC(C)C. The van der Waals surface area contributed by atoms with Crippen molar-refractivity contribution >= 4 is 39.5 Å². The fourth-order valence-electron chi connectivity index (χ4n) is 11.9. The summed E-state index contributed by atoms with van der Waals surface area (Å²) in [6.45, 7) is 14.2. The van der Waals surface area contributed by atoms with Crippen LogP contribution in [0.1, 0.15) is 396 Å². The normalized spacial score (nSPS) is 14.4. The standard InChI is InChI=1S/C78H152O17P2/c1-9-71(8)57-49-41-33-28-29-35-43-51-59-76(81)89-65-74(95-78(83)61-53-45-37-27-21-24-32-40-48-56-70(6)7)67-93-97(86,87)91-63-72(79)62-90-96(84,85)92-66-73(64-88-75(80)58-50-42-34-25-19-16-15-18-23-31-39-47-55-69(4)5)94-77(82)60-52-44-36-26-20-14-12-10-11-13-17-22-30-38-46-54-68(2)3/h68-74,79H,9-67H2,1-8H3,(H,84,85)(H,86,87)/t71?,72-,73-,74-/m1/s1. The molecular weight excluding hydrogens is 1270 g/mol. The molecule has 0 radical (unpaired) electrons. The van der Waals surface area contributed by atoms with Crippen molar-refractivity contribution in [2.24, 2.45) is 23.7 Å². The van der Waals surface area contributed by atoms with Crippen LogP contribution >= 0.6 is 15.6 Å². The second kappa shape index (κ2) is 67.2. The molecule has 0 aromatic heterocycles.